The molecule has 0 radical (unpaired) electrons. The molecule has 1 fully saturated rings. The number of benzene rings is 2. The number of anilines is 4. The molecule has 1 aliphatic heterocycles. The topological polar surface area (TPSA) is 120 Å². The van der Waals surface area contributed by atoms with Gasteiger partial charge in [-0.15, -0.1) is 0 Å². The number of hydrogen-bond acceptors (Lipinski definition) is 8. The number of pyridine rings is 1. The lowest BCUT2D eigenvalue weighted by molar-refractivity contribution is 0.0999. The molecule has 1 amide bonds. The third kappa shape index (κ3) is 5.50. The van der Waals surface area contributed by atoms with E-state index in [0.717, 1.165) is 36.4 Å². The average molecular weight is 486 g/mol. The van der Waals surface area contributed by atoms with Crippen LogP contribution in [0.5, 0.6) is 5.75 Å². The minimum atomic E-state index is -0.494. The first kappa shape index (κ1) is 24.8. The molecule has 0 spiro atoms. The Bertz CT molecular complexity index is 1290. The Morgan fingerprint density at radius 2 is 2.06 bits per heavy atom. The summed E-state index contributed by atoms with van der Waals surface area (Å²) in [5.74, 6) is 0.767. The van der Waals surface area contributed by atoms with Crippen LogP contribution >= 0.6 is 0 Å². The number of nitrogens with zero attached hydrogens (tertiary/aromatic N) is 4. The van der Waals surface area contributed by atoms with Gasteiger partial charge in [-0.05, 0) is 44.3 Å². The maximum Gasteiger partial charge on any atom is 0.249 e. The van der Waals surface area contributed by atoms with Crippen LogP contribution in [0.3, 0.4) is 0 Å². The number of nitriles is 1. The van der Waals surface area contributed by atoms with Gasteiger partial charge < -0.3 is 30.9 Å². The number of likely N-dealkylation sites (N-methyl/N-ethyl adjacent to an activating group) is 1. The molecule has 1 saturated heterocycles. The van der Waals surface area contributed by atoms with Crippen molar-refractivity contribution in [2.75, 3.05) is 49.8 Å². The fourth-order valence-electron chi connectivity index (χ4n) is 4.38. The Kier molecular flexibility index (Phi) is 7.56. The molecule has 1 aliphatic rings. The first-order valence-corrected chi connectivity index (χ1v) is 11.8. The molecule has 4 rings (SSSR count). The number of hydrogen-bond donors (Lipinski definition) is 3. The van der Waals surface area contributed by atoms with Gasteiger partial charge in [-0.3, -0.25) is 4.79 Å². The van der Waals surface area contributed by atoms with Gasteiger partial charge in [-0.1, -0.05) is 18.2 Å². The highest BCUT2D eigenvalue weighted by molar-refractivity contribution is 5.94. The summed E-state index contributed by atoms with van der Waals surface area (Å²) in [5, 5.41) is 16.1. The molecule has 2 heterocycles. The molecule has 0 saturated carbocycles. The molecule has 36 heavy (non-hydrogen) atoms. The zero-order chi connectivity index (χ0) is 25.7. The first-order chi connectivity index (χ1) is 17.4. The summed E-state index contributed by atoms with van der Waals surface area (Å²) in [6.45, 7) is 2.32. The summed E-state index contributed by atoms with van der Waals surface area (Å²) in [5.41, 5.74) is 9.55. The van der Waals surface area contributed by atoms with Crippen molar-refractivity contribution in [3.8, 4) is 11.8 Å². The predicted molar refractivity (Wildman–Crippen MR) is 142 cm³/mol. The fourth-order valence-corrected chi connectivity index (χ4v) is 4.38. The molecule has 4 N–H and O–H groups in total. The molecule has 9 nitrogen and oxygen atoms in total. The van der Waals surface area contributed by atoms with Crippen molar-refractivity contribution in [3.63, 3.8) is 0 Å². The van der Waals surface area contributed by atoms with E-state index in [-0.39, 0.29) is 0 Å². The predicted octanol–water partition coefficient (Wildman–Crippen LogP) is 3.56. The monoisotopic (exact) mass is 485 g/mol. The second kappa shape index (κ2) is 11.0. The number of methoxy groups -OCH3 is 1. The van der Waals surface area contributed by atoms with E-state index in [1.165, 1.54) is 6.20 Å². The van der Waals surface area contributed by atoms with Gasteiger partial charge >= 0.3 is 0 Å². The standard InChI is InChI=1S/C27H31N7O2/c1-33(2)21-10-11-34(17-21)20-8-9-23(25(12-20)36-3)32-26-13-24(19(14-28)16-31-26)30-15-18-6-4-5-7-22(18)27(29)35/h4-9,12-13,16,21H,10-11,15,17H2,1-3H3,(H2,29,35)(H2,30,31,32). The molecule has 0 aliphatic carbocycles. The number of amides is 1. The Balaban J connectivity index is 1.52. The van der Waals surface area contributed by atoms with Gasteiger partial charge in [0.25, 0.3) is 0 Å². The molecule has 1 atom stereocenters. The van der Waals surface area contributed by atoms with Crippen LogP contribution in [-0.4, -0.2) is 56.1 Å². The number of nitrogens with two attached hydrogens (primary N) is 1. The number of primary amides is 1. The van der Waals surface area contributed by atoms with Crippen molar-refractivity contribution >= 4 is 28.8 Å². The second-order valence-electron chi connectivity index (χ2n) is 8.96. The van der Waals surface area contributed by atoms with Crippen molar-refractivity contribution in [1.29, 1.82) is 5.26 Å². The Morgan fingerprint density at radius 3 is 2.75 bits per heavy atom. The maximum absolute atomic E-state index is 11.7. The minimum Gasteiger partial charge on any atom is -0.494 e. The summed E-state index contributed by atoms with van der Waals surface area (Å²) in [6.07, 6.45) is 2.64. The van der Waals surface area contributed by atoms with Crippen LogP contribution < -0.4 is 26.0 Å². The summed E-state index contributed by atoms with van der Waals surface area (Å²) < 4.78 is 5.67. The first-order valence-electron chi connectivity index (χ1n) is 11.8. The molecule has 2 aromatic carbocycles. The normalized spacial score (nSPS) is 15.0. The largest absolute Gasteiger partial charge is 0.494 e. The lowest BCUT2D eigenvalue weighted by Gasteiger charge is -2.23. The summed E-state index contributed by atoms with van der Waals surface area (Å²) in [4.78, 5) is 20.8. The number of rotatable bonds is 9. The number of nitrogens with one attached hydrogen (secondary N) is 2. The van der Waals surface area contributed by atoms with Gasteiger partial charge in [-0.2, -0.15) is 5.26 Å². The Labute approximate surface area is 211 Å². The molecule has 1 unspecified atom stereocenters. The van der Waals surface area contributed by atoms with Gasteiger partial charge in [0.05, 0.1) is 24.0 Å². The molecule has 0 bridgehead atoms. The highest BCUT2D eigenvalue weighted by atomic mass is 16.5. The van der Waals surface area contributed by atoms with Gasteiger partial charge in [0.15, 0.2) is 0 Å². The minimum absolute atomic E-state index is 0.332. The van der Waals surface area contributed by atoms with Crippen LogP contribution in [0, 0.1) is 11.3 Å². The van der Waals surface area contributed by atoms with E-state index in [1.54, 1.807) is 25.3 Å². The highest BCUT2D eigenvalue weighted by Gasteiger charge is 2.24. The summed E-state index contributed by atoms with van der Waals surface area (Å²) in [6, 6.07) is 17.7. The van der Waals surface area contributed by atoms with Crippen molar-refractivity contribution in [1.82, 2.24) is 9.88 Å². The number of carbonyl (C=O) groups is 1. The van der Waals surface area contributed by atoms with Gasteiger partial charge in [-0.25, -0.2) is 4.98 Å². The molecular weight excluding hydrogens is 454 g/mol. The third-order valence-corrected chi connectivity index (χ3v) is 6.48. The highest BCUT2D eigenvalue weighted by Crippen LogP contribution is 2.34. The smallest absolute Gasteiger partial charge is 0.249 e. The van der Waals surface area contributed by atoms with E-state index >= 15 is 0 Å². The van der Waals surface area contributed by atoms with Gasteiger partial charge in [0, 0.05) is 55.3 Å². The third-order valence-electron chi connectivity index (χ3n) is 6.48. The molecule has 186 valence electrons. The number of aromatic nitrogens is 1. The summed E-state index contributed by atoms with van der Waals surface area (Å²) >= 11 is 0. The molecular formula is C27H31N7O2. The van der Waals surface area contributed by atoms with E-state index in [4.69, 9.17) is 10.5 Å². The average Bonchev–Trinajstić information content (AvgIpc) is 3.39. The van der Waals surface area contributed by atoms with E-state index in [9.17, 15) is 10.1 Å². The second-order valence-corrected chi connectivity index (χ2v) is 8.96. The maximum atomic E-state index is 11.7. The van der Waals surface area contributed by atoms with Crippen molar-refractivity contribution in [2.45, 2.75) is 19.0 Å². The Morgan fingerprint density at radius 1 is 1.25 bits per heavy atom. The SMILES string of the molecule is COc1cc(N2CCC(N(C)C)C2)ccc1Nc1cc(NCc2ccccc2C(N)=O)c(C#N)cn1. The lowest BCUT2D eigenvalue weighted by Crippen LogP contribution is -2.31. The molecule has 1 aromatic heterocycles. The van der Waals surface area contributed by atoms with E-state index in [0.29, 0.717) is 41.0 Å². The quantitative estimate of drug-likeness (QED) is 0.421. The fraction of sp³-hybridized carbons (Fsp3) is 0.296. The zero-order valence-corrected chi connectivity index (χ0v) is 20.8. The van der Waals surface area contributed by atoms with Crippen LogP contribution in [0.1, 0.15) is 27.9 Å². The van der Waals surface area contributed by atoms with Crippen molar-refractivity contribution < 1.29 is 9.53 Å². The Hall–Kier alpha value is -4.29. The van der Waals surface area contributed by atoms with Crippen LogP contribution in [0.2, 0.25) is 0 Å². The molecule has 9 heteroatoms. The van der Waals surface area contributed by atoms with E-state index in [2.05, 4.69) is 51.6 Å². The number of carbonyl (C=O) groups excluding carboxylic acids is 1. The lowest BCUT2D eigenvalue weighted by atomic mass is 10.1. The van der Waals surface area contributed by atoms with Gasteiger partial charge in [0.2, 0.25) is 5.91 Å². The molecule has 3 aromatic rings. The van der Waals surface area contributed by atoms with E-state index < -0.39 is 5.91 Å². The van der Waals surface area contributed by atoms with E-state index in [1.807, 2.05) is 24.3 Å². The summed E-state index contributed by atoms with van der Waals surface area (Å²) in [7, 11) is 5.88. The van der Waals surface area contributed by atoms with Crippen LogP contribution in [-0.2, 0) is 6.54 Å². The van der Waals surface area contributed by atoms with Crippen LogP contribution in [0.15, 0.2) is 54.7 Å². The van der Waals surface area contributed by atoms with Crippen LogP contribution in [0.4, 0.5) is 22.9 Å². The van der Waals surface area contributed by atoms with Crippen molar-refractivity contribution in [2.24, 2.45) is 5.73 Å². The van der Waals surface area contributed by atoms with Crippen LogP contribution in [0.25, 0.3) is 0 Å². The number of ether oxygens (including phenoxy) is 1. The van der Waals surface area contributed by atoms with Gasteiger partial charge in [0.1, 0.15) is 17.6 Å². The zero-order valence-electron chi connectivity index (χ0n) is 20.8. The van der Waals surface area contributed by atoms with Crippen molar-refractivity contribution in [3.05, 3.63) is 71.4 Å².